The number of rotatable bonds is 9. The van der Waals surface area contributed by atoms with Crippen molar-refractivity contribution in [3.63, 3.8) is 0 Å². The number of hydrogen-bond donors (Lipinski definition) is 0. The molecular formula is C22H20ClFN2O7. The fourth-order valence-electron chi connectivity index (χ4n) is 3.48. The molecule has 1 fully saturated rings. The summed E-state index contributed by atoms with van der Waals surface area (Å²) in [5, 5.41) is 11.0. The van der Waals surface area contributed by atoms with Crippen LogP contribution in [0.15, 0.2) is 42.5 Å². The predicted molar refractivity (Wildman–Crippen MR) is 116 cm³/mol. The van der Waals surface area contributed by atoms with Gasteiger partial charge in [0.15, 0.2) is 6.10 Å². The number of hydrogen-bond acceptors (Lipinski definition) is 7. The van der Waals surface area contributed by atoms with Crippen LogP contribution in [0.2, 0.25) is 0 Å². The number of Topliss-reactive ketones (excluding diaryl/α,β-unsaturated/α-hetero) is 1. The number of anilines is 1. The number of ether oxygens (including phenoxy) is 2. The van der Waals surface area contributed by atoms with Crippen molar-refractivity contribution in [2.75, 3.05) is 24.4 Å². The number of ketones is 1. The first kappa shape index (κ1) is 24.1. The largest absolute Gasteiger partial charge is 0.494 e. The molecule has 3 rings (SSSR count). The molecule has 174 valence electrons. The Morgan fingerprint density at radius 3 is 2.58 bits per heavy atom. The minimum atomic E-state index is -1.18. The summed E-state index contributed by atoms with van der Waals surface area (Å²) in [4.78, 5) is 49.7. The zero-order chi connectivity index (χ0) is 24.1. The Morgan fingerprint density at radius 2 is 1.97 bits per heavy atom. The molecule has 0 bridgehead atoms. The van der Waals surface area contributed by atoms with Crippen molar-refractivity contribution in [1.29, 1.82) is 0 Å². The average molecular weight is 479 g/mol. The Labute approximate surface area is 193 Å². The molecule has 33 heavy (non-hydrogen) atoms. The lowest BCUT2D eigenvalue weighted by molar-refractivity contribution is -0.384. The molecule has 0 unspecified atom stereocenters. The molecular weight excluding hydrogens is 459 g/mol. The summed E-state index contributed by atoms with van der Waals surface area (Å²) < 4.78 is 23.7. The number of halogens is 2. The number of carbonyl (C=O) groups excluding carboxylic acids is 3. The van der Waals surface area contributed by atoms with Crippen LogP contribution < -0.4 is 9.64 Å². The maximum atomic E-state index is 13.1. The van der Waals surface area contributed by atoms with E-state index in [1.165, 1.54) is 42.3 Å². The van der Waals surface area contributed by atoms with Crippen molar-refractivity contribution in [3.8, 4) is 5.75 Å². The van der Waals surface area contributed by atoms with Crippen LogP contribution in [0.4, 0.5) is 15.8 Å². The molecule has 11 heteroatoms. The van der Waals surface area contributed by atoms with E-state index < -0.39 is 40.4 Å². The van der Waals surface area contributed by atoms with Crippen LogP contribution in [0, 0.1) is 21.8 Å². The molecule has 0 aliphatic carbocycles. The zero-order valence-electron chi connectivity index (χ0n) is 17.5. The number of nitrogens with zero attached hydrogens (tertiary/aromatic N) is 2. The second-order valence-electron chi connectivity index (χ2n) is 7.29. The highest BCUT2D eigenvalue weighted by molar-refractivity contribution is 6.18. The van der Waals surface area contributed by atoms with Crippen LogP contribution in [0.5, 0.6) is 5.75 Å². The highest BCUT2D eigenvalue weighted by atomic mass is 35.5. The van der Waals surface area contributed by atoms with Crippen molar-refractivity contribution >= 4 is 40.6 Å². The first-order chi connectivity index (χ1) is 15.7. The van der Waals surface area contributed by atoms with Crippen LogP contribution in [-0.2, 0) is 14.3 Å². The molecule has 0 radical (unpaired) electrons. The van der Waals surface area contributed by atoms with Gasteiger partial charge < -0.3 is 14.4 Å². The Kier molecular flexibility index (Phi) is 7.59. The summed E-state index contributed by atoms with van der Waals surface area (Å²) in [6.45, 7) is -0.0514. The van der Waals surface area contributed by atoms with Gasteiger partial charge in [0.25, 0.3) is 5.69 Å². The smallest absolute Gasteiger partial charge is 0.312 e. The summed E-state index contributed by atoms with van der Waals surface area (Å²) in [5.41, 5.74) is 0.239. The molecule has 1 saturated heterocycles. The van der Waals surface area contributed by atoms with Gasteiger partial charge in [-0.3, -0.25) is 24.5 Å². The van der Waals surface area contributed by atoms with E-state index in [2.05, 4.69) is 0 Å². The maximum Gasteiger partial charge on any atom is 0.312 e. The van der Waals surface area contributed by atoms with Gasteiger partial charge in [-0.15, -0.1) is 11.6 Å². The molecule has 2 aromatic carbocycles. The first-order valence-corrected chi connectivity index (χ1v) is 10.5. The number of non-ortho nitro benzene ring substituents is 1. The van der Waals surface area contributed by atoms with Gasteiger partial charge in [0.1, 0.15) is 11.6 Å². The quantitative estimate of drug-likeness (QED) is 0.178. The Balaban J connectivity index is 1.74. The fraction of sp³-hybridized carbons (Fsp3) is 0.318. The minimum absolute atomic E-state index is 0.0423. The van der Waals surface area contributed by atoms with Crippen LogP contribution in [0.1, 0.15) is 23.2 Å². The van der Waals surface area contributed by atoms with E-state index in [9.17, 15) is 28.9 Å². The van der Waals surface area contributed by atoms with Gasteiger partial charge in [-0.05, 0) is 30.3 Å². The number of esters is 1. The molecule has 1 heterocycles. The van der Waals surface area contributed by atoms with Crippen molar-refractivity contribution in [2.24, 2.45) is 5.92 Å². The Hall–Kier alpha value is -3.53. The number of benzene rings is 2. The number of alkyl halides is 1. The molecule has 0 saturated carbocycles. The number of methoxy groups -OCH3 is 1. The third kappa shape index (κ3) is 5.46. The van der Waals surface area contributed by atoms with Gasteiger partial charge in [-0.2, -0.15) is 0 Å². The normalized spacial score (nSPS) is 16.4. The van der Waals surface area contributed by atoms with E-state index >= 15 is 0 Å². The standard InChI is InChI=1S/C22H20ClFN2O7/c1-32-19-11-16(26(30)31)6-7-17(19)25-12-14(10-20(25)27)22(29)33-18(8-9-23)21(28)13-2-4-15(24)5-3-13/h2-7,11,14,18H,8-10,12H2,1H3/t14-,18+/m0/s1. The monoisotopic (exact) mass is 478 g/mol. The topological polar surface area (TPSA) is 116 Å². The number of nitro groups is 1. The second kappa shape index (κ2) is 10.4. The Bertz CT molecular complexity index is 1080. The molecule has 1 aliphatic heterocycles. The first-order valence-electron chi connectivity index (χ1n) is 9.94. The third-order valence-electron chi connectivity index (χ3n) is 5.17. The molecule has 9 nitrogen and oxygen atoms in total. The van der Waals surface area contributed by atoms with Crippen molar-refractivity contribution < 1.29 is 33.2 Å². The highest BCUT2D eigenvalue weighted by Crippen LogP contribution is 2.36. The minimum Gasteiger partial charge on any atom is -0.494 e. The summed E-state index contributed by atoms with van der Waals surface area (Å²) in [6, 6.07) is 8.61. The summed E-state index contributed by atoms with van der Waals surface area (Å²) in [5.74, 6) is -2.90. The maximum absolute atomic E-state index is 13.1. The van der Waals surface area contributed by atoms with Gasteiger partial charge in [0.2, 0.25) is 11.7 Å². The molecule has 1 amide bonds. The molecule has 1 aliphatic rings. The van der Waals surface area contributed by atoms with Crippen LogP contribution in [0.25, 0.3) is 0 Å². The molecule has 2 atom stereocenters. The fourth-order valence-corrected chi connectivity index (χ4v) is 3.68. The van der Waals surface area contributed by atoms with Gasteiger partial charge in [0.05, 0.1) is 29.7 Å². The van der Waals surface area contributed by atoms with E-state index in [0.29, 0.717) is 0 Å². The molecule has 0 aromatic heterocycles. The lowest BCUT2D eigenvalue weighted by Crippen LogP contribution is -2.32. The van der Waals surface area contributed by atoms with E-state index in [1.807, 2.05) is 0 Å². The molecule has 0 N–H and O–H groups in total. The number of carbonyl (C=O) groups is 3. The number of nitro benzene ring substituents is 1. The van der Waals surface area contributed by atoms with Gasteiger partial charge in [0, 0.05) is 36.9 Å². The SMILES string of the molecule is COc1cc([N+](=O)[O-])ccc1N1C[C@@H](C(=O)O[C@H](CCCl)C(=O)c2ccc(F)cc2)CC1=O. The van der Waals surface area contributed by atoms with Gasteiger partial charge in [-0.25, -0.2) is 4.39 Å². The summed E-state index contributed by atoms with van der Waals surface area (Å²) in [6.07, 6.45) is -1.31. The van der Waals surface area contributed by atoms with Crippen molar-refractivity contribution in [1.82, 2.24) is 0 Å². The lowest BCUT2D eigenvalue weighted by Gasteiger charge is -2.20. The second-order valence-corrected chi connectivity index (χ2v) is 7.67. The van der Waals surface area contributed by atoms with Crippen molar-refractivity contribution in [3.05, 3.63) is 64.0 Å². The predicted octanol–water partition coefficient (Wildman–Crippen LogP) is 3.52. The molecule has 0 spiro atoms. The average Bonchev–Trinajstić information content (AvgIpc) is 3.19. The highest BCUT2D eigenvalue weighted by Gasteiger charge is 2.39. The number of amides is 1. The van der Waals surface area contributed by atoms with Crippen LogP contribution >= 0.6 is 11.6 Å². The van der Waals surface area contributed by atoms with Gasteiger partial charge in [-0.1, -0.05) is 0 Å². The third-order valence-corrected chi connectivity index (χ3v) is 5.39. The van der Waals surface area contributed by atoms with Crippen LogP contribution in [0.3, 0.4) is 0 Å². The van der Waals surface area contributed by atoms with E-state index in [1.54, 1.807) is 0 Å². The molecule has 2 aromatic rings. The Morgan fingerprint density at radius 1 is 1.27 bits per heavy atom. The van der Waals surface area contributed by atoms with Crippen molar-refractivity contribution in [2.45, 2.75) is 18.9 Å². The zero-order valence-corrected chi connectivity index (χ0v) is 18.3. The van der Waals surface area contributed by atoms with E-state index in [-0.39, 0.29) is 48.0 Å². The van der Waals surface area contributed by atoms with E-state index in [0.717, 1.165) is 12.1 Å². The summed E-state index contributed by atoms with van der Waals surface area (Å²) >= 11 is 5.76. The van der Waals surface area contributed by atoms with Gasteiger partial charge >= 0.3 is 5.97 Å². The summed E-state index contributed by atoms with van der Waals surface area (Å²) in [7, 11) is 1.31. The van der Waals surface area contributed by atoms with Crippen LogP contribution in [-0.4, -0.2) is 48.2 Å². The van der Waals surface area contributed by atoms with E-state index in [4.69, 9.17) is 21.1 Å². The lowest BCUT2D eigenvalue weighted by atomic mass is 10.0.